The van der Waals surface area contributed by atoms with Gasteiger partial charge in [-0.15, -0.1) is 0 Å². The number of nitriles is 1. The van der Waals surface area contributed by atoms with Crippen LogP contribution >= 0.6 is 11.6 Å². The van der Waals surface area contributed by atoms with Crippen LogP contribution in [0.5, 0.6) is 0 Å². The van der Waals surface area contributed by atoms with E-state index in [1.165, 1.54) is 24.7 Å². The van der Waals surface area contributed by atoms with Gasteiger partial charge < -0.3 is 14.8 Å². The first kappa shape index (κ1) is 21.7. The van der Waals surface area contributed by atoms with Crippen molar-refractivity contribution in [2.45, 2.75) is 37.2 Å². The minimum atomic E-state index is -1.06. The Kier molecular flexibility index (Phi) is 5.24. The van der Waals surface area contributed by atoms with Gasteiger partial charge in [-0.2, -0.15) is 5.26 Å². The predicted octanol–water partition coefficient (Wildman–Crippen LogP) is 4.35. The molecule has 3 atom stereocenters. The second-order valence-corrected chi connectivity index (χ2v) is 9.62. The lowest BCUT2D eigenvalue weighted by atomic mass is 10.0. The number of aliphatic hydroxyl groups excluding tert-OH is 1. The molecule has 1 aromatic carbocycles. The van der Waals surface area contributed by atoms with E-state index in [1.807, 2.05) is 10.5 Å². The van der Waals surface area contributed by atoms with E-state index in [2.05, 4.69) is 38.6 Å². The summed E-state index contributed by atoms with van der Waals surface area (Å²) in [7, 11) is 0. The van der Waals surface area contributed by atoms with E-state index in [0.717, 1.165) is 11.2 Å². The van der Waals surface area contributed by atoms with Crippen molar-refractivity contribution < 1.29 is 9.90 Å². The summed E-state index contributed by atoms with van der Waals surface area (Å²) in [5, 5.41) is 23.6. The molecule has 3 heterocycles. The topological polar surface area (TPSA) is 116 Å². The third-order valence-electron chi connectivity index (χ3n) is 6.70. The van der Waals surface area contributed by atoms with Crippen molar-refractivity contribution in [1.29, 1.82) is 5.26 Å². The molecular weight excluding hydrogens is 464 g/mol. The molecule has 0 aliphatic heterocycles. The fraction of sp³-hybridized carbons (Fsp3) is 0.269. The number of amides is 1. The number of imidazole rings is 1. The van der Waals surface area contributed by atoms with Crippen LogP contribution in [-0.2, 0) is 4.79 Å². The highest BCUT2D eigenvalue weighted by molar-refractivity contribution is 6.30. The lowest BCUT2D eigenvalue weighted by molar-refractivity contribution is -0.117. The molecule has 2 N–H and O–H groups in total. The number of halogens is 1. The second-order valence-electron chi connectivity index (χ2n) is 9.18. The molecule has 174 valence electrons. The first-order chi connectivity index (χ1) is 17.0. The van der Waals surface area contributed by atoms with Crippen LogP contribution in [0.25, 0.3) is 5.65 Å². The Hall–Kier alpha value is -3.80. The maximum atomic E-state index is 12.8. The van der Waals surface area contributed by atoms with Crippen LogP contribution in [0, 0.1) is 17.2 Å². The minimum Gasteiger partial charge on any atom is -0.380 e. The van der Waals surface area contributed by atoms with Gasteiger partial charge in [0.1, 0.15) is 23.9 Å². The minimum absolute atomic E-state index is 0.0613. The number of carbonyl (C=O) groups excluding carboxylic acids is 1. The number of fused-ring (bicyclic) bond motifs is 1. The molecule has 0 spiro atoms. The third kappa shape index (κ3) is 4.25. The van der Waals surface area contributed by atoms with Crippen LogP contribution in [0.15, 0.2) is 55.1 Å². The van der Waals surface area contributed by atoms with Crippen LogP contribution in [0.1, 0.15) is 65.3 Å². The van der Waals surface area contributed by atoms with Gasteiger partial charge in [0, 0.05) is 29.4 Å². The molecular formula is C26H21ClN6O2. The Bertz CT molecular complexity index is 1510. The first-order valence-corrected chi connectivity index (χ1v) is 11.9. The lowest BCUT2D eigenvalue weighted by Crippen LogP contribution is -2.16. The number of aromatic nitrogens is 4. The number of aliphatic hydroxyl groups is 1. The molecule has 6 rings (SSSR count). The standard InChI is InChI=1S/C26H21ClN6O2/c27-17-5-3-15(10-28)18(7-17)19-8-20(19)26(35)32-23-9-21(29-13-30-23)25(34)22-12-33-11-16(14-1-2-14)4-6-24(33)31-22/h3-7,9,11-14,19-20,25,34H,1-2,8H2,(H,29,30,32,35)/t19-,20+,25?/m1/s1. The van der Waals surface area contributed by atoms with Gasteiger partial charge in [0.25, 0.3) is 0 Å². The summed E-state index contributed by atoms with van der Waals surface area (Å²) >= 11 is 6.09. The van der Waals surface area contributed by atoms with E-state index in [1.54, 1.807) is 30.5 Å². The van der Waals surface area contributed by atoms with Gasteiger partial charge in [0.15, 0.2) is 0 Å². The van der Waals surface area contributed by atoms with E-state index in [4.69, 9.17) is 11.6 Å². The average Bonchev–Trinajstić information content (AvgIpc) is 3.79. The summed E-state index contributed by atoms with van der Waals surface area (Å²) in [5.41, 5.74) is 4.16. The average molecular weight is 485 g/mol. The number of nitrogens with zero attached hydrogens (tertiary/aromatic N) is 5. The van der Waals surface area contributed by atoms with Crippen LogP contribution in [0.2, 0.25) is 5.02 Å². The maximum Gasteiger partial charge on any atom is 0.229 e. The molecule has 1 amide bonds. The Morgan fingerprint density at radius 1 is 1.17 bits per heavy atom. The number of pyridine rings is 1. The molecule has 3 aromatic heterocycles. The first-order valence-electron chi connectivity index (χ1n) is 11.5. The highest BCUT2D eigenvalue weighted by Gasteiger charge is 2.45. The van der Waals surface area contributed by atoms with Crippen molar-refractivity contribution in [1.82, 2.24) is 19.4 Å². The molecule has 0 radical (unpaired) electrons. The normalized spacial score (nSPS) is 19.8. The summed E-state index contributed by atoms with van der Waals surface area (Å²) in [5.74, 6) is 0.394. The zero-order valence-electron chi connectivity index (χ0n) is 18.6. The molecule has 1 unspecified atom stereocenters. The highest BCUT2D eigenvalue weighted by Crippen LogP contribution is 2.49. The van der Waals surface area contributed by atoms with Crippen LogP contribution < -0.4 is 5.32 Å². The molecule has 2 aliphatic carbocycles. The van der Waals surface area contributed by atoms with E-state index >= 15 is 0 Å². The van der Waals surface area contributed by atoms with E-state index in [-0.39, 0.29) is 17.7 Å². The summed E-state index contributed by atoms with van der Waals surface area (Å²) in [4.78, 5) is 25.7. The van der Waals surface area contributed by atoms with Crippen molar-refractivity contribution in [3.05, 3.63) is 88.2 Å². The number of rotatable bonds is 6. The number of anilines is 1. The number of hydrogen-bond acceptors (Lipinski definition) is 6. The second kappa shape index (κ2) is 8.45. The van der Waals surface area contributed by atoms with Crippen molar-refractivity contribution >= 4 is 29.0 Å². The van der Waals surface area contributed by atoms with Gasteiger partial charge in [-0.25, -0.2) is 15.0 Å². The van der Waals surface area contributed by atoms with Crippen LogP contribution in [-0.4, -0.2) is 30.4 Å². The molecule has 2 fully saturated rings. The predicted molar refractivity (Wildman–Crippen MR) is 129 cm³/mol. The van der Waals surface area contributed by atoms with Gasteiger partial charge >= 0.3 is 0 Å². The molecule has 4 aromatic rings. The molecule has 35 heavy (non-hydrogen) atoms. The lowest BCUT2D eigenvalue weighted by Gasteiger charge is -2.09. The molecule has 2 saturated carbocycles. The van der Waals surface area contributed by atoms with Gasteiger partial charge in [-0.05, 0) is 66.5 Å². The van der Waals surface area contributed by atoms with Crippen LogP contribution in [0.4, 0.5) is 5.82 Å². The smallest absolute Gasteiger partial charge is 0.229 e. The number of nitrogens with one attached hydrogen (secondary N) is 1. The third-order valence-corrected chi connectivity index (χ3v) is 6.94. The molecule has 8 nitrogen and oxygen atoms in total. The zero-order chi connectivity index (χ0) is 24.1. The highest BCUT2D eigenvalue weighted by atomic mass is 35.5. The summed E-state index contributed by atoms with van der Waals surface area (Å²) < 4.78 is 1.93. The van der Waals surface area contributed by atoms with Crippen molar-refractivity contribution in [2.75, 3.05) is 5.32 Å². The van der Waals surface area contributed by atoms with Gasteiger partial charge in [-0.1, -0.05) is 17.7 Å². The monoisotopic (exact) mass is 484 g/mol. The maximum absolute atomic E-state index is 12.8. The summed E-state index contributed by atoms with van der Waals surface area (Å²) in [6, 6.07) is 12.9. The Labute approximate surface area is 206 Å². The van der Waals surface area contributed by atoms with E-state index in [9.17, 15) is 15.2 Å². The summed E-state index contributed by atoms with van der Waals surface area (Å²) in [6.45, 7) is 0. The fourth-order valence-electron chi connectivity index (χ4n) is 4.55. The van der Waals surface area contributed by atoms with E-state index < -0.39 is 6.10 Å². The number of benzene rings is 1. The van der Waals surface area contributed by atoms with Gasteiger partial charge in [0.05, 0.1) is 23.0 Å². The van der Waals surface area contributed by atoms with Crippen molar-refractivity contribution in [2.24, 2.45) is 5.92 Å². The fourth-order valence-corrected chi connectivity index (χ4v) is 4.73. The number of hydrogen-bond donors (Lipinski definition) is 2. The SMILES string of the molecule is N#Cc1ccc(Cl)cc1[C@H]1C[C@@H]1C(=O)Nc1cc(C(O)c2cn3cc(C4CC4)ccc3n2)ncn1. The Morgan fingerprint density at radius 2 is 2.03 bits per heavy atom. The molecule has 0 bridgehead atoms. The summed E-state index contributed by atoms with van der Waals surface area (Å²) in [6.07, 6.45) is 7.17. The quantitative estimate of drug-likeness (QED) is 0.420. The van der Waals surface area contributed by atoms with Crippen molar-refractivity contribution in [3.8, 4) is 6.07 Å². The van der Waals surface area contributed by atoms with Gasteiger partial charge in [-0.3, -0.25) is 4.79 Å². The Morgan fingerprint density at radius 3 is 2.83 bits per heavy atom. The van der Waals surface area contributed by atoms with Crippen LogP contribution in [0.3, 0.4) is 0 Å². The molecule has 9 heteroatoms. The zero-order valence-corrected chi connectivity index (χ0v) is 19.4. The Balaban J connectivity index is 1.17. The largest absolute Gasteiger partial charge is 0.380 e. The van der Waals surface area contributed by atoms with E-state index in [0.29, 0.717) is 40.1 Å². The number of carbonyl (C=O) groups is 1. The molecule has 2 aliphatic rings. The van der Waals surface area contributed by atoms with Crippen molar-refractivity contribution in [3.63, 3.8) is 0 Å². The van der Waals surface area contributed by atoms with Gasteiger partial charge in [0.2, 0.25) is 5.91 Å². The molecule has 0 saturated heterocycles.